The molecule has 2 heterocycles. The van der Waals surface area contributed by atoms with E-state index < -0.39 is 15.9 Å². The average molecular weight is 334 g/mol. The molecule has 7 nitrogen and oxygen atoms in total. The van der Waals surface area contributed by atoms with E-state index in [-0.39, 0.29) is 10.9 Å². The van der Waals surface area contributed by atoms with E-state index in [1.54, 1.807) is 18.2 Å². The highest BCUT2D eigenvalue weighted by Gasteiger charge is 2.18. The van der Waals surface area contributed by atoms with Crippen molar-refractivity contribution >= 4 is 15.7 Å². The molecule has 0 aliphatic heterocycles. The third-order valence-electron chi connectivity index (χ3n) is 3.24. The zero-order chi connectivity index (χ0) is 16.9. The first-order chi connectivity index (χ1) is 10.9. The zero-order valence-corrected chi connectivity index (χ0v) is 13.5. The fraction of sp³-hybridized carbons (Fsp3) is 0.267. The van der Waals surface area contributed by atoms with Crippen LogP contribution in [0.5, 0.6) is 0 Å². The van der Waals surface area contributed by atoms with Gasteiger partial charge in [0.05, 0.1) is 6.04 Å². The highest BCUT2D eigenvalue weighted by molar-refractivity contribution is 7.90. The molecule has 23 heavy (non-hydrogen) atoms. The zero-order valence-electron chi connectivity index (χ0n) is 12.6. The van der Waals surface area contributed by atoms with Crippen molar-refractivity contribution in [2.24, 2.45) is 5.73 Å². The van der Waals surface area contributed by atoms with Gasteiger partial charge in [-0.25, -0.2) is 13.4 Å². The first-order valence-electron chi connectivity index (χ1n) is 6.99. The molecular formula is C15H18N4O3S. The minimum atomic E-state index is -3.42. The first kappa shape index (κ1) is 17.0. The van der Waals surface area contributed by atoms with Gasteiger partial charge in [0.2, 0.25) is 0 Å². The van der Waals surface area contributed by atoms with Crippen LogP contribution in [0.3, 0.4) is 0 Å². The minimum Gasteiger partial charge on any atom is -0.345 e. The molecule has 1 amide bonds. The summed E-state index contributed by atoms with van der Waals surface area (Å²) in [5, 5.41) is 2.83. The monoisotopic (exact) mass is 334 g/mol. The van der Waals surface area contributed by atoms with Gasteiger partial charge < -0.3 is 11.1 Å². The molecule has 2 rings (SSSR count). The quantitative estimate of drug-likeness (QED) is 0.803. The Morgan fingerprint density at radius 1 is 1.26 bits per heavy atom. The van der Waals surface area contributed by atoms with Crippen molar-refractivity contribution in [1.29, 1.82) is 0 Å². The molecule has 3 N–H and O–H groups in total. The summed E-state index contributed by atoms with van der Waals surface area (Å²) in [6, 6.07) is 5.93. The van der Waals surface area contributed by atoms with E-state index in [9.17, 15) is 13.2 Å². The van der Waals surface area contributed by atoms with Crippen LogP contribution in [-0.4, -0.2) is 37.1 Å². The maximum Gasteiger partial charge on any atom is 0.251 e. The lowest BCUT2D eigenvalue weighted by molar-refractivity contribution is 0.0935. The molecule has 2 aromatic rings. The Kier molecular flexibility index (Phi) is 5.41. The number of aromatic nitrogens is 2. The Morgan fingerprint density at radius 2 is 1.96 bits per heavy atom. The molecule has 0 radical (unpaired) electrons. The van der Waals surface area contributed by atoms with Gasteiger partial charge >= 0.3 is 0 Å². The van der Waals surface area contributed by atoms with Gasteiger partial charge in [0, 0.05) is 30.4 Å². The van der Waals surface area contributed by atoms with E-state index >= 15 is 0 Å². The van der Waals surface area contributed by atoms with Crippen molar-refractivity contribution in [2.75, 3.05) is 12.8 Å². The highest BCUT2D eigenvalue weighted by Crippen LogP contribution is 2.19. The van der Waals surface area contributed by atoms with E-state index in [4.69, 9.17) is 5.73 Å². The van der Waals surface area contributed by atoms with E-state index in [2.05, 4.69) is 15.3 Å². The summed E-state index contributed by atoms with van der Waals surface area (Å²) in [5.74, 6) is -0.274. The Hall–Kier alpha value is -2.32. The lowest BCUT2D eigenvalue weighted by Gasteiger charge is -2.19. The summed E-state index contributed by atoms with van der Waals surface area (Å²) < 4.78 is 23.3. The van der Waals surface area contributed by atoms with Crippen LogP contribution in [0.25, 0.3) is 0 Å². The van der Waals surface area contributed by atoms with Crippen LogP contribution in [0, 0.1) is 0 Å². The average Bonchev–Trinajstić information content (AvgIpc) is 2.54. The van der Waals surface area contributed by atoms with Gasteiger partial charge in [0.25, 0.3) is 5.91 Å². The van der Waals surface area contributed by atoms with Gasteiger partial charge in [-0.2, -0.15) is 0 Å². The second kappa shape index (κ2) is 7.30. The summed E-state index contributed by atoms with van der Waals surface area (Å²) in [6.07, 6.45) is 6.03. The van der Waals surface area contributed by atoms with Crippen molar-refractivity contribution in [3.8, 4) is 0 Å². The molecule has 0 aliphatic rings. The van der Waals surface area contributed by atoms with Crippen molar-refractivity contribution in [1.82, 2.24) is 15.3 Å². The van der Waals surface area contributed by atoms with Crippen LogP contribution in [0.15, 0.2) is 47.9 Å². The molecule has 2 aromatic heterocycles. The van der Waals surface area contributed by atoms with E-state index in [0.29, 0.717) is 24.1 Å². The topological polar surface area (TPSA) is 115 Å². The molecule has 0 aliphatic carbocycles. The number of rotatable bonds is 6. The van der Waals surface area contributed by atoms with Crippen LogP contribution in [-0.2, 0) is 9.84 Å². The Labute approximate surface area is 134 Å². The molecule has 8 heteroatoms. The van der Waals surface area contributed by atoms with Gasteiger partial charge in [-0.3, -0.25) is 9.78 Å². The fourth-order valence-corrected chi connectivity index (χ4v) is 2.68. The predicted octanol–water partition coefficient (Wildman–Crippen LogP) is 0.700. The van der Waals surface area contributed by atoms with Gasteiger partial charge in [-0.05, 0) is 42.8 Å². The Balaban J connectivity index is 2.27. The van der Waals surface area contributed by atoms with Gasteiger partial charge in [0.1, 0.15) is 0 Å². The number of nitrogens with zero attached hydrogens (tertiary/aromatic N) is 2. The number of carbonyl (C=O) groups is 1. The highest BCUT2D eigenvalue weighted by atomic mass is 32.2. The molecule has 0 saturated heterocycles. The summed E-state index contributed by atoms with van der Waals surface area (Å²) in [7, 11) is -3.42. The van der Waals surface area contributed by atoms with Crippen LogP contribution in [0.4, 0.5) is 0 Å². The van der Waals surface area contributed by atoms with Crippen LogP contribution in [0.2, 0.25) is 0 Å². The van der Waals surface area contributed by atoms with Crippen molar-refractivity contribution in [3.63, 3.8) is 0 Å². The molecule has 122 valence electrons. The van der Waals surface area contributed by atoms with Gasteiger partial charge in [-0.1, -0.05) is 0 Å². The van der Waals surface area contributed by atoms with Crippen molar-refractivity contribution in [3.05, 3.63) is 54.0 Å². The number of sulfone groups is 1. The van der Waals surface area contributed by atoms with Gasteiger partial charge in [0.15, 0.2) is 14.9 Å². The first-order valence-corrected chi connectivity index (χ1v) is 8.88. The second-order valence-electron chi connectivity index (χ2n) is 5.04. The van der Waals surface area contributed by atoms with E-state index in [0.717, 1.165) is 6.26 Å². The maximum atomic E-state index is 12.3. The number of hydrogen-bond acceptors (Lipinski definition) is 6. The van der Waals surface area contributed by atoms with E-state index in [1.165, 1.54) is 24.7 Å². The lowest BCUT2D eigenvalue weighted by atomic mass is 10.0. The number of nitrogens with two attached hydrogens (primary N) is 1. The smallest absolute Gasteiger partial charge is 0.251 e. The fourth-order valence-electron chi connectivity index (χ4n) is 2.08. The summed E-state index contributed by atoms with van der Waals surface area (Å²) in [5.41, 5.74) is 6.73. The summed E-state index contributed by atoms with van der Waals surface area (Å²) in [4.78, 5) is 20.0. The van der Waals surface area contributed by atoms with E-state index in [1.807, 2.05) is 0 Å². The van der Waals surface area contributed by atoms with Crippen LogP contribution in [0.1, 0.15) is 28.4 Å². The normalized spacial score (nSPS) is 12.6. The molecule has 0 spiro atoms. The number of nitrogens with one attached hydrogen (secondary N) is 1. The lowest BCUT2D eigenvalue weighted by Crippen LogP contribution is -2.30. The molecule has 0 unspecified atom stereocenters. The maximum absolute atomic E-state index is 12.3. The van der Waals surface area contributed by atoms with Crippen LogP contribution < -0.4 is 11.1 Å². The molecule has 0 bridgehead atoms. The van der Waals surface area contributed by atoms with Crippen LogP contribution >= 0.6 is 0 Å². The summed E-state index contributed by atoms with van der Waals surface area (Å²) >= 11 is 0. The largest absolute Gasteiger partial charge is 0.345 e. The number of pyridine rings is 2. The number of carbonyl (C=O) groups excluding carboxylic acids is 1. The third kappa shape index (κ3) is 4.57. The van der Waals surface area contributed by atoms with Crippen molar-refractivity contribution in [2.45, 2.75) is 17.5 Å². The van der Waals surface area contributed by atoms with Gasteiger partial charge in [-0.15, -0.1) is 0 Å². The third-order valence-corrected chi connectivity index (χ3v) is 4.23. The SMILES string of the molecule is CS(=O)(=O)c1cc([C@H](CCN)NC(=O)c2ccncc2)ccn1. The molecule has 0 aromatic carbocycles. The Bertz CT molecular complexity index is 778. The molecule has 1 atom stereocenters. The van der Waals surface area contributed by atoms with Crippen molar-refractivity contribution < 1.29 is 13.2 Å². The molecule has 0 saturated carbocycles. The predicted molar refractivity (Wildman–Crippen MR) is 85.5 cm³/mol. The molecular weight excluding hydrogens is 316 g/mol. The minimum absolute atomic E-state index is 0.0322. The molecule has 0 fully saturated rings. The number of amides is 1. The standard InChI is InChI=1S/C15H18N4O3S/c1-23(21,22)14-10-12(5-9-18-14)13(2-6-16)19-15(20)11-3-7-17-8-4-11/h3-5,7-10,13H,2,6,16H2,1H3,(H,19,20)/t13-/m0/s1. The summed E-state index contributed by atoms with van der Waals surface area (Å²) in [6.45, 7) is 0.345. The second-order valence-corrected chi connectivity index (χ2v) is 7.00. The number of hydrogen-bond donors (Lipinski definition) is 2. The Morgan fingerprint density at radius 3 is 2.57 bits per heavy atom.